The first-order valence-electron chi connectivity index (χ1n) is 12.5. The molecule has 2 aromatic carbocycles. The van der Waals surface area contributed by atoms with Crippen molar-refractivity contribution in [2.45, 2.75) is 49.5 Å². The zero-order chi connectivity index (χ0) is 24.0. The molecule has 35 heavy (non-hydrogen) atoms. The largest absolute Gasteiger partial charge is 0.302 e. The number of nitrogens with zero attached hydrogens (tertiary/aromatic N) is 3. The smallest absolute Gasteiger partial charge is 0.237 e. The lowest BCUT2D eigenvalue weighted by atomic mass is 9.74. The predicted octanol–water partition coefficient (Wildman–Crippen LogP) is 5.95. The number of amides is 1. The van der Waals surface area contributed by atoms with Gasteiger partial charge in [0.05, 0.1) is 6.04 Å². The van der Waals surface area contributed by atoms with E-state index < -0.39 is 0 Å². The Bertz CT molecular complexity index is 1240. The molecule has 1 aliphatic heterocycles. The Morgan fingerprint density at radius 3 is 2.66 bits per heavy atom. The Balaban J connectivity index is 1.13. The van der Waals surface area contributed by atoms with Crippen LogP contribution >= 0.6 is 23.4 Å². The fourth-order valence-corrected chi connectivity index (χ4v) is 7.06. The van der Waals surface area contributed by atoms with Gasteiger partial charge in [0.1, 0.15) is 0 Å². The van der Waals surface area contributed by atoms with Crippen molar-refractivity contribution < 1.29 is 4.79 Å². The fraction of sp³-hybridized carbons (Fsp3) is 0.379. The van der Waals surface area contributed by atoms with E-state index in [4.69, 9.17) is 23.4 Å². The maximum atomic E-state index is 12.7. The van der Waals surface area contributed by atoms with Crippen LogP contribution in [0.1, 0.15) is 59.4 Å². The lowest BCUT2D eigenvalue weighted by Gasteiger charge is -2.41. The third kappa shape index (κ3) is 4.06. The van der Waals surface area contributed by atoms with Crippen LogP contribution in [0.25, 0.3) is 0 Å². The molecule has 1 aromatic heterocycles. The predicted molar refractivity (Wildman–Crippen MR) is 140 cm³/mol. The Morgan fingerprint density at radius 2 is 1.86 bits per heavy atom. The van der Waals surface area contributed by atoms with Crippen molar-refractivity contribution in [2.24, 2.45) is 0 Å². The number of halogens is 2. The molecule has 0 N–H and O–H groups in total. The summed E-state index contributed by atoms with van der Waals surface area (Å²) in [7, 11) is 0. The van der Waals surface area contributed by atoms with Crippen LogP contribution < -0.4 is 0 Å². The number of likely N-dealkylation sites (tertiary alicyclic amines) is 1. The molecule has 3 aliphatic rings. The van der Waals surface area contributed by atoms with E-state index in [1.807, 2.05) is 24.4 Å². The Hall–Kier alpha value is -2.40. The summed E-state index contributed by atoms with van der Waals surface area (Å²) in [6.45, 7) is 2.86. The molecule has 2 atom stereocenters. The Morgan fingerprint density at radius 1 is 1.06 bits per heavy atom. The molecule has 6 rings (SSSR count). The molecule has 1 fully saturated rings. The third-order valence-electron chi connectivity index (χ3n) is 8.27. The molecule has 0 radical (unpaired) electrons. The van der Waals surface area contributed by atoms with E-state index in [0.717, 1.165) is 49.5 Å². The van der Waals surface area contributed by atoms with Crippen LogP contribution in [-0.4, -0.2) is 45.9 Å². The van der Waals surface area contributed by atoms with Crippen LogP contribution in [0.2, 0.25) is 5.02 Å². The van der Waals surface area contributed by atoms with Crippen LogP contribution in [0.5, 0.6) is 0 Å². The van der Waals surface area contributed by atoms with Gasteiger partial charge in [-0.1, -0.05) is 48.0 Å². The minimum Gasteiger partial charge on any atom is -0.302 e. The number of fused-ring (bicyclic) bond motifs is 8. The SMILES string of the molecule is O=C(CCc1cccnc1)N(Cl)C1CCN(CC23CC(c4ccccc42)c2ccc(Cl)cc23)CC1. The Kier molecular flexibility index (Phi) is 6.08. The van der Waals surface area contributed by atoms with Crippen LogP contribution in [0.15, 0.2) is 67.0 Å². The summed E-state index contributed by atoms with van der Waals surface area (Å²) in [5, 5.41) is 0.814. The summed E-state index contributed by atoms with van der Waals surface area (Å²) >= 11 is 13.0. The van der Waals surface area contributed by atoms with Gasteiger partial charge in [-0.05, 0) is 71.7 Å². The topological polar surface area (TPSA) is 36.4 Å². The van der Waals surface area contributed by atoms with Crippen LogP contribution in [0.3, 0.4) is 0 Å². The second-order valence-electron chi connectivity index (χ2n) is 10.2. The number of hydrogen-bond donors (Lipinski definition) is 0. The van der Waals surface area contributed by atoms with Gasteiger partial charge in [-0.2, -0.15) is 0 Å². The number of rotatable bonds is 6. The lowest BCUT2D eigenvalue weighted by molar-refractivity contribution is -0.128. The van der Waals surface area contributed by atoms with E-state index >= 15 is 0 Å². The minimum absolute atomic E-state index is 0.000474. The fourth-order valence-electron chi connectivity index (χ4n) is 6.61. The van der Waals surface area contributed by atoms with Crippen molar-refractivity contribution in [3.05, 3.63) is 99.8 Å². The van der Waals surface area contributed by atoms with Gasteiger partial charge in [-0.3, -0.25) is 14.2 Å². The van der Waals surface area contributed by atoms with Crippen LogP contribution in [0.4, 0.5) is 0 Å². The zero-order valence-electron chi connectivity index (χ0n) is 19.7. The van der Waals surface area contributed by atoms with E-state index in [2.05, 4.69) is 46.3 Å². The summed E-state index contributed by atoms with van der Waals surface area (Å²) in [6.07, 6.45) is 7.54. The first-order valence-corrected chi connectivity index (χ1v) is 13.3. The molecule has 180 valence electrons. The highest BCUT2D eigenvalue weighted by atomic mass is 35.5. The van der Waals surface area contributed by atoms with Gasteiger partial charge in [0.25, 0.3) is 0 Å². The maximum Gasteiger partial charge on any atom is 0.237 e. The minimum atomic E-state index is -0.00544. The van der Waals surface area contributed by atoms with Crippen molar-refractivity contribution in [3.63, 3.8) is 0 Å². The molecule has 3 aromatic rings. The molecule has 2 aliphatic carbocycles. The number of hydrogen-bond acceptors (Lipinski definition) is 3. The standard InChI is InChI=1S/C29H29Cl2N3O/c30-21-8-9-24-25-17-29(27(24)16-21,26-6-2-1-5-23(25)26)19-33-14-11-22(12-15-33)34(31)28(35)10-7-20-4-3-13-32-18-20/h1-6,8-9,13,16,18,22,25H,7,10-12,14-15,17,19H2. The lowest BCUT2D eigenvalue weighted by Crippen LogP contribution is -2.47. The van der Waals surface area contributed by atoms with Gasteiger partial charge in [0.15, 0.2) is 0 Å². The third-order valence-corrected chi connectivity index (χ3v) is 8.97. The van der Waals surface area contributed by atoms with E-state index in [1.165, 1.54) is 26.7 Å². The molecule has 4 nitrogen and oxygen atoms in total. The molecule has 0 spiro atoms. The van der Waals surface area contributed by atoms with Gasteiger partial charge in [0, 0.05) is 66.6 Å². The molecule has 1 amide bonds. The summed E-state index contributed by atoms with van der Waals surface area (Å²) in [5.74, 6) is 0.464. The zero-order valence-corrected chi connectivity index (χ0v) is 21.2. The van der Waals surface area contributed by atoms with Crippen molar-refractivity contribution in [1.29, 1.82) is 0 Å². The normalized spacial score (nSPS) is 23.2. The van der Waals surface area contributed by atoms with Gasteiger partial charge in [-0.25, -0.2) is 0 Å². The first kappa shape index (κ1) is 23.0. The van der Waals surface area contributed by atoms with Gasteiger partial charge < -0.3 is 4.90 Å². The molecular weight excluding hydrogens is 477 g/mol. The van der Waals surface area contributed by atoms with Gasteiger partial charge in [0.2, 0.25) is 5.91 Å². The van der Waals surface area contributed by atoms with Crippen LogP contribution in [0, 0.1) is 0 Å². The molecule has 2 unspecified atom stereocenters. The summed E-state index contributed by atoms with van der Waals surface area (Å²) in [5.41, 5.74) is 6.84. The van der Waals surface area contributed by atoms with Crippen LogP contribution in [-0.2, 0) is 16.6 Å². The van der Waals surface area contributed by atoms with Gasteiger partial charge >= 0.3 is 0 Å². The number of piperidine rings is 1. The first-order chi connectivity index (χ1) is 17.0. The van der Waals surface area contributed by atoms with Gasteiger partial charge in [-0.15, -0.1) is 0 Å². The summed E-state index contributed by atoms with van der Waals surface area (Å²) in [6, 6.07) is 19.4. The van der Waals surface area contributed by atoms with Crippen molar-refractivity contribution >= 4 is 29.3 Å². The number of aromatic nitrogens is 1. The highest BCUT2D eigenvalue weighted by Gasteiger charge is 2.53. The molecule has 0 saturated carbocycles. The Labute approximate surface area is 217 Å². The molecular formula is C29H29Cl2N3O. The van der Waals surface area contributed by atoms with Crippen molar-refractivity contribution in [3.8, 4) is 0 Å². The van der Waals surface area contributed by atoms with Crippen molar-refractivity contribution in [1.82, 2.24) is 14.3 Å². The molecule has 1 saturated heterocycles. The maximum absolute atomic E-state index is 12.7. The van der Waals surface area contributed by atoms with E-state index in [-0.39, 0.29) is 17.4 Å². The average molecular weight is 506 g/mol. The highest BCUT2D eigenvalue weighted by Crippen LogP contribution is 2.60. The van der Waals surface area contributed by atoms with E-state index in [1.54, 1.807) is 6.20 Å². The average Bonchev–Trinajstić information content (AvgIpc) is 3.39. The summed E-state index contributed by atoms with van der Waals surface area (Å²) in [4.78, 5) is 19.4. The van der Waals surface area contributed by atoms with E-state index in [9.17, 15) is 4.79 Å². The highest BCUT2D eigenvalue weighted by molar-refractivity contribution is 6.30. The second-order valence-corrected chi connectivity index (χ2v) is 11.0. The number of aryl methyl sites for hydroxylation is 1. The molecule has 2 bridgehead atoms. The monoisotopic (exact) mass is 505 g/mol. The van der Waals surface area contributed by atoms with E-state index in [0.29, 0.717) is 18.8 Å². The number of carbonyl (C=O) groups excluding carboxylic acids is 1. The number of carbonyl (C=O) groups is 1. The quantitative estimate of drug-likeness (QED) is 0.388. The second kappa shape index (κ2) is 9.24. The molecule has 2 heterocycles. The summed E-state index contributed by atoms with van der Waals surface area (Å²) < 4.78 is 1.47. The number of benzene rings is 2. The molecule has 6 heteroatoms. The number of pyridine rings is 1. The van der Waals surface area contributed by atoms with Crippen molar-refractivity contribution in [2.75, 3.05) is 19.6 Å².